The Hall–Kier alpha value is -1.33. The van der Waals surface area contributed by atoms with Crippen molar-refractivity contribution in [2.45, 2.75) is 6.92 Å². The number of hydrogen-bond donors (Lipinski definition) is 0. The van der Waals surface area contributed by atoms with Gasteiger partial charge in [-0.3, -0.25) is 4.21 Å². The molecule has 17 heavy (non-hydrogen) atoms. The quantitative estimate of drug-likeness (QED) is 0.729. The van der Waals surface area contributed by atoms with Gasteiger partial charge in [0.15, 0.2) is 11.5 Å². The smallest absolute Gasteiger partial charge is 0.161 e. The van der Waals surface area contributed by atoms with Crippen LogP contribution in [0.4, 0.5) is 0 Å². The second-order valence-electron chi connectivity index (χ2n) is 3.22. The summed E-state index contributed by atoms with van der Waals surface area (Å²) in [4.78, 5) is 0. The predicted octanol–water partition coefficient (Wildman–Crippen LogP) is 1.99. The first kappa shape index (κ1) is 13.7. The van der Waals surface area contributed by atoms with Crippen LogP contribution in [0.15, 0.2) is 24.3 Å². The first-order valence-corrected chi connectivity index (χ1v) is 6.45. The molecule has 94 valence electrons. The van der Waals surface area contributed by atoms with Crippen molar-refractivity contribution in [3.05, 3.63) is 29.8 Å². The Morgan fingerprint density at radius 2 is 2.18 bits per heavy atom. The second-order valence-corrected chi connectivity index (χ2v) is 4.16. The molecule has 1 rings (SSSR count). The Bertz CT molecular complexity index is 415. The largest absolute Gasteiger partial charge is 0.772 e. The molecule has 0 saturated carbocycles. The lowest BCUT2D eigenvalue weighted by atomic mass is 10.2. The molecule has 0 spiro atoms. The van der Waals surface area contributed by atoms with Crippen molar-refractivity contribution in [1.29, 1.82) is 0 Å². The molecular formula is C12H15O4S-. The normalized spacial score (nSPS) is 12.6. The number of hydrogen-bond acceptors (Lipinski definition) is 4. The Labute approximate surface area is 104 Å². The van der Waals surface area contributed by atoms with Crippen LogP contribution in [0, 0.1) is 0 Å². The van der Waals surface area contributed by atoms with Gasteiger partial charge in [0.05, 0.1) is 13.7 Å². The van der Waals surface area contributed by atoms with E-state index in [1.807, 2.05) is 19.1 Å². The fraction of sp³-hybridized carbons (Fsp3) is 0.333. The molecule has 0 bridgehead atoms. The molecule has 5 heteroatoms. The van der Waals surface area contributed by atoms with Gasteiger partial charge in [-0.2, -0.15) is 0 Å². The topological polar surface area (TPSA) is 58.6 Å². The van der Waals surface area contributed by atoms with Gasteiger partial charge in [0.25, 0.3) is 0 Å². The highest BCUT2D eigenvalue weighted by Crippen LogP contribution is 2.28. The molecule has 0 N–H and O–H groups in total. The maximum atomic E-state index is 10.4. The van der Waals surface area contributed by atoms with E-state index in [2.05, 4.69) is 0 Å². The van der Waals surface area contributed by atoms with Gasteiger partial charge >= 0.3 is 0 Å². The van der Waals surface area contributed by atoms with Gasteiger partial charge in [-0.15, -0.1) is 0 Å². The van der Waals surface area contributed by atoms with Crippen molar-refractivity contribution in [3.63, 3.8) is 0 Å². The Morgan fingerprint density at radius 1 is 1.41 bits per heavy atom. The Kier molecular flexibility index (Phi) is 5.72. The minimum atomic E-state index is -2.05. The molecule has 0 radical (unpaired) electrons. The summed E-state index contributed by atoms with van der Waals surface area (Å²) in [7, 11) is 1.58. The SMILES string of the molecule is CCOc1cc(C=CCS(=O)[O-])ccc1OC. The van der Waals surface area contributed by atoms with E-state index in [9.17, 15) is 8.76 Å². The van der Waals surface area contributed by atoms with Crippen LogP contribution >= 0.6 is 0 Å². The van der Waals surface area contributed by atoms with Crippen molar-refractivity contribution in [2.75, 3.05) is 19.5 Å². The van der Waals surface area contributed by atoms with Crippen molar-refractivity contribution < 1.29 is 18.2 Å². The van der Waals surface area contributed by atoms with E-state index in [0.717, 1.165) is 5.56 Å². The van der Waals surface area contributed by atoms with Crippen LogP contribution in [0.25, 0.3) is 6.08 Å². The predicted molar refractivity (Wildman–Crippen MR) is 67.0 cm³/mol. The van der Waals surface area contributed by atoms with E-state index >= 15 is 0 Å². The van der Waals surface area contributed by atoms with Crippen LogP contribution in [-0.2, 0) is 11.1 Å². The van der Waals surface area contributed by atoms with Crippen molar-refractivity contribution in [1.82, 2.24) is 0 Å². The fourth-order valence-corrected chi connectivity index (χ4v) is 1.58. The van der Waals surface area contributed by atoms with Gasteiger partial charge in [0.2, 0.25) is 0 Å². The Balaban J connectivity index is 2.84. The summed E-state index contributed by atoms with van der Waals surface area (Å²) in [6.45, 7) is 2.44. The Morgan fingerprint density at radius 3 is 2.76 bits per heavy atom. The third-order valence-corrected chi connectivity index (χ3v) is 2.49. The van der Waals surface area contributed by atoms with Crippen LogP contribution in [0.2, 0.25) is 0 Å². The molecule has 0 amide bonds. The van der Waals surface area contributed by atoms with Crippen molar-refractivity contribution in [3.8, 4) is 11.5 Å². The summed E-state index contributed by atoms with van der Waals surface area (Å²) in [5.74, 6) is 1.33. The van der Waals surface area contributed by atoms with Gasteiger partial charge in [0, 0.05) is 5.75 Å². The van der Waals surface area contributed by atoms with Crippen LogP contribution in [0.3, 0.4) is 0 Å². The standard InChI is InChI=1S/C12H16O4S/c1-3-16-12-9-10(5-4-8-17(13)14)6-7-11(12)15-2/h4-7,9H,3,8H2,1-2H3,(H,13,14)/p-1. The summed E-state index contributed by atoms with van der Waals surface area (Å²) in [6, 6.07) is 5.44. The molecule has 1 unspecified atom stereocenters. The number of rotatable bonds is 6. The molecule has 0 aliphatic carbocycles. The van der Waals surface area contributed by atoms with E-state index in [1.54, 1.807) is 25.3 Å². The monoisotopic (exact) mass is 255 g/mol. The highest BCUT2D eigenvalue weighted by molar-refractivity contribution is 7.79. The first-order chi connectivity index (χ1) is 8.17. The summed E-state index contributed by atoms with van der Waals surface area (Å²) in [6.07, 6.45) is 3.32. The molecule has 1 aromatic carbocycles. The molecule has 0 aromatic heterocycles. The minimum Gasteiger partial charge on any atom is -0.772 e. The van der Waals surface area contributed by atoms with Gasteiger partial charge < -0.3 is 14.0 Å². The fourth-order valence-electron chi connectivity index (χ4n) is 1.33. The maximum absolute atomic E-state index is 10.4. The molecule has 1 atom stereocenters. The molecular weight excluding hydrogens is 240 g/mol. The van der Waals surface area contributed by atoms with E-state index in [0.29, 0.717) is 18.1 Å². The van der Waals surface area contributed by atoms with E-state index in [4.69, 9.17) is 9.47 Å². The molecule has 0 aliphatic rings. The number of benzene rings is 1. The first-order valence-electron chi connectivity index (χ1n) is 5.20. The lowest BCUT2D eigenvalue weighted by Crippen LogP contribution is -1.95. The molecule has 0 saturated heterocycles. The maximum Gasteiger partial charge on any atom is 0.161 e. The second kappa shape index (κ2) is 7.09. The number of ether oxygens (including phenoxy) is 2. The third kappa shape index (κ3) is 4.58. The lowest BCUT2D eigenvalue weighted by molar-refractivity contribution is 0.311. The lowest BCUT2D eigenvalue weighted by Gasteiger charge is -2.09. The zero-order chi connectivity index (χ0) is 12.7. The van der Waals surface area contributed by atoms with Crippen molar-refractivity contribution in [2.24, 2.45) is 0 Å². The average Bonchev–Trinajstić information content (AvgIpc) is 2.29. The third-order valence-electron chi connectivity index (χ3n) is 2.03. The molecule has 0 heterocycles. The molecule has 0 fully saturated rings. The van der Waals surface area contributed by atoms with Crippen LogP contribution < -0.4 is 9.47 Å². The van der Waals surface area contributed by atoms with E-state index < -0.39 is 11.1 Å². The summed E-state index contributed by atoms with van der Waals surface area (Å²) >= 11 is -2.05. The highest BCUT2D eigenvalue weighted by atomic mass is 32.2. The molecule has 0 aliphatic heterocycles. The van der Waals surface area contributed by atoms with Gasteiger partial charge in [-0.05, 0) is 24.6 Å². The van der Waals surface area contributed by atoms with Crippen molar-refractivity contribution >= 4 is 17.2 Å². The highest BCUT2D eigenvalue weighted by Gasteiger charge is 2.03. The zero-order valence-corrected chi connectivity index (χ0v) is 10.7. The zero-order valence-electron chi connectivity index (χ0n) is 9.84. The average molecular weight is 255 g/mol. The van der Waals surface area contributed by atoms with Crippen LogP contribution in [-0.4, -0.2) is 28.2 Å². The van der Waals surface area contributed by atoms with E-state index in [1.165, 1.54) is 0 Å². The van der Waals surface area contributed by atoms with Gasteiger partial charge in [-0.1, -0.05) is 29.3 Å². The van der Waals surface area contributed by atoms with Gasteiger partial charge in [-0.25, -0.2) is 0 Å². The molecule has 1 aromatic rings. The van der Waals surface area contributed by atoms with Gasteiger partial charge in [0.1, 0.15) is 0 Å². The summed E-state index contributed by atoms with van der Waals surface area (Å²) in [5, 5.41) is 0. The van der Waals surface area contributed by atoms with E-state index in [-0.39, 0.29) is 5.75 Å². The summed E-state index contributed by atoms with van der Waals surface area (Å²) in [5.41, 5.74) is 0.875. The molecule has 4 nitrogen and oxygen atoms in total. The minimum absolute atomic E-state index is 0.00992. The van der Waals surface area contributed by atoms with Crippen LogP contribution in [0.5, 0.6) is 11.5 Å². The summed E-state index contributed by atoms with van der Waals surface area (Å²) < 4.78 is 31.3. The number of methoxy groups -OCH3 is 1. The van der Waals surface area contributed by atoms with Crippen LogP contribution in [0.1, 0.15) is 12.5 Å².